The second kappa shape index (κ2) is 6.37. The SMILES string of the molecule is N#Cc1ccc2c(c1)CCC2NC(=O)c1ncc(C(F)(F)F)cc1Cl. The van der Waals surface area contributed by atoms with Crippen molar-refractivity contribution in [2.24, 2.45) is 0 Å². The molecule has 3 rings (SSSR count). The van der Waals surface area contributed by atoms with Crippen molar-refractivity contribution in [3.63, 3.8) is 0 Å². The van der Waals surface area contributed by atoms with Crippen molar-refractivity contribution in [2.75, 3.05) is 0 Å². The van der Waals surface area contributed by atoms with Gasteiger partial charge in [0.25, 0.3) is 5.91 Å². The normalized spacial score (nSPS) is 16.2. The van der Waals surface area contributed by atoms with E-state index in [0.29, 0.717) is 30.7 Å². The zero-order valence-corrected chi connectivity index (χ0v) is 13.4. The summed E-state index contributed by atoms with van der Waals surface area (Å²) in [5.41, 5.74) is 1.13. The minimum atomic E-state index is -4.57. The van der Waals surface area contributed by atoms with Gasteiger partial charge in [0.2, 0.25) is 0 Å². The third-order valence-electron chi connectivity index (χ3n) is 4.04. The highest BCUT2D eigenvalue weighted by molar-refractivity contribution is 6.33. The second-order valence-electron chi connectivity index (χ2n) is 5.64. The lowest BCUT2D eigenvalue weighted by Crippen LogP contribution is -2.28. The van der Waals surface area contributed by atoms with Crippen LogP contribution >= 0.6 is 11.6 Å². The number of benzene rings is 1. The quantitative estimate of drug-likeness (QED) is 0.873. The minimum Gasteiger partial charge on any atom is -0.344 e. The molecule has 1 N–H and O–H groups in total. The first-order valence-electron chi connectivity index (χ1n) is 7.36. The Bertz CT molecular complexity index is 890. The molecule has 25 heavy (non-hydrogen) atoms. The maximum atomic E-state index is 12.6. The van der Waals surface area contributed by atoms with Crippen LogP contribution in [-0.4, -0.2) is 10.9 Å². The largest absolute Gasteiger partial charge is 0.417 e. The van der Waals surface area contributed by atoms with Gasteiger partial charge >= 0.3 is 6.18 Å². The molecule has 0 fully saturated rings. The Balaban J connectivity index is 1.80. The highest BCUT2D eigenvalue weighted by Crippen LogP contribution is 2.33. The second-order valence-corrected chi connectivity index (χ2v) is 6.05. The summed E-state index contributed by atoms with van der Waals surface area (Å²) in [6.45, 7) is 0. The number of aryl methyl sites for hydroxylation is 1. The lowest BCUT2D eigenvalue weighted by atomic mass is 10.1. The molecule has 0 bridgehead atoms. The van der Waals surface area contributed by atoms with Crippen molar-refractivity contribution in [3.8, 4) is 6.07 Å². The van der Waals surface area contributed by atoms with Crippen molar-refractivity contribution in [1.82, 2.24) is 10.3 Å². The van der Waals surface area contributed by atoms with Crippen molar-refractivity contribution in [2.45, 2.75) is 25.1 Å². The van der Waals surface area contributed by atoms with E-state index < -0.39 is 17.6 Å². The number of pyridine rings is 1. The molecule has 0 spiro atoms. The Morgan fingerprint density at radius 1 is 1.36 bits per heavy atom. The Labute approximate surface area is 146 Å². The molecule has 1 atom stereocenters. The summed E-state index contributed by atoms with van der Waals surface area (Å²) in [5.74, 6) is -0.638. The number of fused-ring (bicyclic) bond motifs is 1. The fraction of sp³-hybridized carbons (Fsp3) is 0.235. The molecule has 1 aliphatic rings. The molecule has 0 saturated carbocycles. The van der Waals surface area contributed by atoms with Gasteiger partial charge < -0.3 is 5.32 Å². The number of hydrogen-bond donors (Lipinski definition) is 1. The predicted octanol–water partition coefficient (Wildman–Crippen LogP) is 4.04. The molecule has 1 aromatic carbocycles. The maximum absolute atomic E-state index is 12.6. The topological polar surface area (TPSA) is 65.8 Å². The number of hydrogen-bond acceptors (Lipinski definition) is 3. The lowest BCUT2D eigenvalue weighted by molar-refractivity contribution is -0.137. The number of alkyl halides is 3. The van der Waals surface area contributed by atoms with Gasteiger partial charge in [-0.05, 0) is 42.2 Å². The summed E-state index contributed by atoms with van der Waals surface area (Å²) in [5, 5.41) is 11.3. The van der Waals surface area contributed by atoms with Gasteiger partial charge in [0.15, 0.2) is 0 Å². The smallest absolute Gasteiger partial charge is 0.344 e. The van der Waals surface area contributed by atoms with Gasteiger partial charge in [0.05, 0.1) is 28.3 Å². The van der Waals surface area contributed by atoms with Gasteiger partial charge in [-0.15, -0.1) is 0 Å². The summed E-state index contributed by atoms with van der Waals surface area (Å²) in [4.78, 5) is 15.9. The average Bonchev–Trinajstić information content (AvgIpc) is 2.95. The van der Waals surface area contributed by atoms with Crippen molar-refractivity contribution < 1.29 is 18.0 Å². The Kier molecular flexibility index (Phi) is 4.39. The first-order chi connectivity index (χ1) is 11.8. The zero-order valence-electron chi connectivity index (χ0n) is 12.7. The van der Waals surface area contributed by atoms with Gasteiger partial charge in [-0.1, -0.05) is 17.7 Å². The number of halogens is 4. The molecule has 0 aliphatic heterocycles. The molecule has 0 saturated heterocycles. The van der Waals surface area contributed by atoms with E-state index in [4.69, 9.17) is 16.9 Å². The maximum Gasteiger partial charge on any atom is 0.417 e. The Morgan fingerprint density at radius 2 is 2.12 bits per heavy atom. The molecule has 1 aliphatic carbocycles. The Hall–Kier alpha value is -2.59. The molecule has 8 heteroatoms. The first-order valence-corrected chi connectivity index (χ1v) is 7.74. The van der Waals surface area contributed by atoms with Crippen LogP contribution < -0.4 is 5.32 Å². The highest BCUT2D eigenvalue weighted by Gasteiger charge is 2.32. The summed E-state index contributed by atoms with van der Waals surface area (Å²) < 4.78 is 37.9. The third kappa shape index (κ3) is 3.44. The molecule has 128 valence electrons. The van der Waals surface area contributed by atoms with E-state index in [1.807, 2.05) is 0 Å². The van der Waals surface area contributed by atoms with Crippen molar-refractivity contribution in [1.29, 1.82) is 5.26 Å². The number of aromatic nitrogens is 1. The van der Waals surface area contributed by atoms with Crippen molar-refractivity contribution in [3.05, 3.63) is 63.4 Å². The predicted molar refractivity (Wildman–Crippen MR) is 83.9 cm³/mol. The summed E-state index contributed by atoms with van der Waals surface area (Å²) in [6, 6.07) is 7.65. The summed E-state index contributed by atoms with van der Waals surface area (Å²) in [6.07, 6.45) is -2.66. The molecule has 0 radical (unpaired) electrons. The fourth-order valence-corrected chi connectivity index (χ4v) is 3.08. The van der Waals surface area contributed by atoms with Crippen LogP contribution in [0.4, 0.5) is 13.2 Å². The molecule has 1 amide bonds. The Morgan fingerprint density at radius 3 is 2.76 bits per heavy atom. The number of carbonyl (C=O) groups is 1. The lowest BCUT2D eigenvalue weighted by Gasteiger charge is -2.15. The van der Waals surface area contributed by atoms with Gasteiger partial charge in [0, 0.05) is 6.20 Å². The first kappa shape index (κ1) is 17.2. The molecule has 1 heterocycles. The van der Waals surface area contributed by atoms with E-state index in [0.717, 1.165) is 11.1 Å². The van der Waals surface area contributed by atoms with E-state index >= 15 is 0 Å². The number of nitriles is 1. The number of carbonyl (C=O) groups excluding carboxylic acids is 1. The minimum absolute atomic E-state index is 0.253. The number of rotatable bonds is 2. The molecule has 1 aromatic heterocycles. The van der Waals surface area contributed by atoms with Crippen LogP contribution in [0.3, 0.4) is 0 Å². The summed E-state index contributed by atoms with van der Waals surface area (Å²) in [7, 11) is 0. The standard InChI is InChI=1S/C17H11ClF3N3O/c18-13-6-11(17(19,20)21)8-23-15(13)16(25)24-14-4-2-10-5-9(7-22)1-3-12(10)14/h1,3,5-6,8,14H,2,4H2,(H,24,25). The summed E-state index contributed by atoms with van der Waals surface area (Å²) >= 11 is 5.80. The van der Waals surface area contributed by atoms with E-state index in [2.05, 4.69) is 16.4 Å². The molecule has 2 aromatic rings. The van der Waals surface area contributed by atoms with E-state index in [-0.39, 0.29) is 16.8 Å². The molecule has 1 unspecified atom stereocenters. The van der Waals surface area contributed by atoms with Crippen LogP contribution in [0.15, 0.2) is 30.5 Å². The molecule has 4 nitrogen and oxygen atoms in total. The monoisotopic (exact) mass is 365 g/mol. The average molecular weight is 366 g/mol. The van der Waals surface area contributed by atoms with Crippen LogP contribution in [0, 0.1) is 11.3 Å². The van der Waals surface area contributed by atoms with Crippen LogP contribution in [0.5, 0.6) is 0 Å². The number of amides is 1. The van der Waals surface area contributed by atoms with E-state index in [1.54, 1.807) is 18.2 Å². The van der Waals surface area contributed by atoms with Gasteiger partial charge in [-0.25, -0.2) is 4.98 Å². The van der Waals surface area contributed by atoms with Crippen LogP contribution in [0.25, 0.3) is 0 Å². The molecular formula is C17H11ClF3N3O. The highest BCUT2D eigenvalue weighted by atomic mass is 35.5. The fourth-order valence-electron chi connectivity index (χ4n) is 2.82. The van der Waals surface area contributed by atoms with E-state index in [1.165, 1.54) is 0 Å². The zero-order chi connectivity index (χ0) is 18.2. The molecular weight excluding hydrogens is 355 g/mol. The van der Waals surface area contributed by atoms with E-state index in [9.17, 15) is 18.0 Å². The van der Waals surface area contributed by atoms with Gasteiger partial charge in [0.1, 0.15) is 5.69 Å². The van der Waals surface area contributed by atoms with Crippen molar-refractivity contribution >= 4 is 17.5 Å². The number of nitrogens with zero attached hydrogens (tertiary/aromatic N) is 2. The van der Waals surface area contributed by atoms with Gasteiger partial charge in [-0.3, -0.25) is 4.79 Å². The van der Waals surface area contributed by atoms with Crippen LogP contribution in [0.1, 0.15) is 45.2 Å². The van der Waals surface area contributed by atoms with Gasteiger partial charge in [-0.2, -0.15) is 18.4 Å². The van der Waals surface area contributed by atoms with Crippen LogP contribution in [0.2, 0.25) is 5.02 Å². The number of nitrogens with one attached hydrogen (secondary N) is 1. The van der Waals surface area contributed by atoms with Crippen LogP contribution in [-0.2, 0) is 12.6 Å². The third-order valence-corrected chi connectivity index (χ3v) is 4.33.